The van der Waals surface area contributed by atoms with E-state index in [1.165, 1.54) is 10.4 Å². The molecular formula is C23H22Cl2N2O3S. The van der Waals surface area contributed by atoms with Crippen LogP contribution in [0.2, 0.25) is 10.0 Å². The zero-order valence-corrected chi connectivity index (χ0v) is 19.2. The molecule has 8 heteroatoms. The number of carbonyl (C=O) groups excluding carboxylic acids is 1. The molecule has 0 bridgehead atoms. The zero-order valence-electron chi connectivity index (χ0n) is 16.9. The number of nitrogens with one attached hydrogen (secondary N) is 1. The molecule has 0 aromatic heterocycles. The molecule has 0 unspecified atom stereocenters. The lowest BCUT2D eigenvalue weighted by Crippen LogP contribution is -2.39. The van der Waals surface area contributed by atoms with Crippen LogP contribution in [0, 0.1) is 6.92 Å². The Bertz CT molecular complexity index is 1150. The van der Waals surface area contributed by atoms with Gasteiger partial charge in [-0.2, -0.15) is 4.31 Å². The first-order valence-electron chi connectivity index (χ1n) is 9.61. The van der Waals surface area contributed by atoms with E-state index >= 15 is 0 Å². The molecule has 1 N–H and O–H groups in total. The van der Waals surface area contributed by atoms with Crippen molar-refractivity contribution >= 4 is 44.8 Å². The highest BCUT2D eigenvalue weighted by atomic mass is 35.5. The fourth-order valence-electron chi connectivity index (χ4n) is 2.98. The Hall–Kier alpha value is -2.38. The average molecular weight is 477 g/mol. The van der Waals surface area contributed by atoms with Crippen molar-refractivity contribution < 1.29 is 13.2 Å². The van der Waals surface area contributed by atoms with Crippen LogP contribution in [-0.4, -0.2) is 31.7 Å². The Morgan fingerprint density at radius 3 is 2.26 bits per heavy atom. The molecule has 31 heavy (non-hydrogen) atoms. The summed E-state index contributed by atoms with van der Waals surface area (Å²) in [5.41, 5.74) is 2.37. The molecule has 0 saturated heterocycles. The van der Waals surface area contributed by atoms with E-state index in [0.717, 1.165) is 11.1 Å². The van der Waals surface area contributed by atoms with Gasteiger partial charge in [0.2, 0.25) is 15.9 Å². The topological polar surface area (TPSA) is 66.5 Å². The number of aryl methyl sites for hydroxylation is 1. The normalized spacial score (nSPS) is 11.5. The summed E-state index contributed by atoms with van der Waals surface area (Å²) in [6.07, 6.45) is 0.478. The largest absolute Gasteiger partial charge is 0.325 e. The molecule has 0 aliphatic rings. The number of hydrogen-bond acceptors (Lipinski definition) is 3. The number of anilines is 1. The van der Waals surface area contributed by atoms with Gasteiger partial charge in [-0.3, -0.25) is 4.79 Å². The Morgan fingerprint density at radius 1 is 0.935 bits per heavy atom. The first kappa shape index (κ1) is 23.3. The standard InChI is InChI=1S/C23H22Cl2N2O3S/c1-17-7-10-20(11-8-17)31(29,30)27(14-13-18-5-3-2-4-6-18)16-23(28)26-19-9-12-21(24)22(25)15-19/h2-12,15H,13-14,16H2,1H3,(H,26,28). The number of benzene rings is 3. The number of sulfonamides is 1. The molecule has 0 aliphatic carbocycles. The van der Waals surface area contributed by atoms with Crippen LogP contribution >= 0.6 is 23.2 Å². The van der Waals surface area contributed by atoms with Crippen LogP contribution < -0.4 is 5.32 Å². The third-order valence-corrected chi connectivity index (χ3v) is 7.27. The van der Waals surface area contributed by atoms with Crippen molar-refractivity contribution in [1.82, 2.24) is 4.31 Å². The summed E-state index contributed by atoms with van der Waals surface area (Å²) in [7, 11) is -3.86. The van der Waals surface area contributed by atoms with Gasteiger partial charge >= 0.3 is 0 Å². The summed E-state index contributed by atoms with van der Waals surface area (Å²) in [5.74, 6) is -0.470. The minimum absolute atomic E-state index is 0.147. The molecule has 3 aromatic carbocycles. The van der Waals surface area contributed by atoms with Gasteiger partial charge in [0.15, 0.2) is 0 Å². The zero-order chi connectivity index (χ0) is 22.4. The highest BCUT2D eigenvalue weighted by Gasteiger charge is 2.26. The third-order valence-electron chi connectivity index (χ3n) is 4.67. The first-order valence-corrected chi connectivity index (χ1v) is 11.8. The molecule has 1 amide bonds. The van der Waals surface area contributed by atoms with Gasteiger partial charge in [-0.25, -0.2) is 8.42 Å². The monoisotopic (exact) mass is 476 g/mol. The predicted octanol–water partition coefficient (Wildman–Crippen LogP) is 5.17. The number of amides is 1. The van der Waals surface area contributed by atoms with E-state index in [1.807, 2.05) is 37.3 Å². The minimum atomic E-state index is -3.86. The Morgan fingerprint density at radius 2 is 1.61 bits per heavy atom. The second-order valence-corrected chi connectivity index (χ2v) is 9.82. The van der Waals surface area contributed by atoms with Gasteiger partial charge in [-0.15, -0.1) is 0 Å². The summed E-state index contributed by atoms with van der Waals surface area (Å²) in [6.45, 7) is 1.71. The van der Waals surface area contributed by atoms with Gasteiger partial charge in [0.1, 0.15) is 0 Å². The summed E-state index contributed by atoms with van der Waals surface area (Å²) in [4.78, 5) is 12.8. The van der Waals surface area contributed by atoms with Crippen LogP contribution in [0.5, 0.6) is 0 Å². The van der Waals surface area contributed by atoms with Crippen molar-refractivity contribution in [2.75, 3.05) is 18.4 Å². The van der Waals surface area contributed by atoms with E-state index < -0.39 is 15.9 Å². The maximum Gasteiger partial charge on any atom is 0.243 e. The molecule has 0 heterocycles. The fraction of sp³-hybridized carbons (Fsp3) is 0.174. The summed E-state index contributed by atoms with van der Waals surface area (Å²) in [5, 5.41) is 3.35. The van der Waals surface area contributed by atoms with Crippen LogP contribution in [0.1, 0.15) is 11.1 Å². The van der Waals surface area contributed by atoms with E-state index in [-0.39, 0.29) is 18.0 Å². The molecule has 0 radical (unpaired) electrons. The molecule has 162 valence electrons. The summed E-state index contributed by atoms with van der Waals surface area (Å²) >= 11 is 11.9. The van der Waals surface area contributed by atoms with Crippen LogP contribution in [0.15, 0.2) is 77.7 Å². The van der Waals surface area contributed by atoms with Gasteiger partial charge in [-0.1, -0.05) is 71.2 Å². The summed E-state index contributed by atoms with van der Waals surface area (Å²) < 4.78 is 27.7. The number of rotatable bonds is 8. The minimum Gasteiger partial charge on any atom is -0.325 e. The van der Waals surface area contributed by atoms with E-state index in [1.54, 1.807) is 36.4 Å². The van der Waals surface area contributed by atoms with Gasteiger partial charge < -0.3 is 5.32 Å². The maximum atomic E-state index is 13.3. The molecule has 0 fully saturated rings. The Kier molecular flexibility index (Phi) is 7.73. The highest BCUT2D eigenvalue weighted by Crippen LogP contribution is 2.25. The Balaban J connectivity index is 1.81. The number of halogens is 2. The number of carbonyl (C=O) groups is 1. The van der Waals surface area contributed by atoms with Crippen molar-refractivity contribution in [2.24, 2.45) is 0 Å². The second kappa shape index (κ2) is 10.3. The maximum absolute atomic E-state index is 13.3. The van der Waals surface area contributed by atoms with Gasteiger partial charge in [0, 0.05) is 12.2 Å². The second-order valence-electron chi connectivity index (χ2n) is 7.06. The Labute approximate surface area is 192 Å². The van der Waals surface area contributed by atoms with E-state index in [4.69, 9.17) is 23.2 Å². The molecular weight excluding hydrogens is 455 g/mol. The highest BCUT2D eigenvalue weighted by molar-refractivity contribution is 7.89. The van der Waals surface area contributed by atoms with Crippen molar-refractivity contribution in [2.45, 2.75) is 18.2 Å². The average Bonchev–Trinajstić information content (AvgIpc) is 2.74. The van der Waals surface area contributed by atoms with E-state index in [0.29, 0.717) is 22.2 Å². The predicted molar refractivity (Wildman–Crippen MR) is 125 cm³/mol. The smallest absolute Gasteiger partial charge is 0.243 e. The lowest BCUT2D eigenvalue weighted by atomic mass is 10.1. The van der Waals surface area contributed by atoms with Gasteiger partial charge in [-0.05, 0) is 49.2 Å². The first-order chi connectivity index (χ1) is 14.8. The van der Waals surface area contributed by atoms with Crippen LogP contribution in [0.4, 0.5) is 5.69 Å². The van der Waals surface area contributed by atoms with E-state index in [9.17, 15) is 13.2 Å². The lowest BCUT2D eigenvalue weighted by molar-refractivity contribution is -0.116. The SMILES string of the molecule is Cc1ccc(S(=O)(=O)N(CCc2ccccc2)CC(=O)Nc2ccc(Cl)c(Cl)c2)cc1. The molecule has 3 rings (SSSR count). The van der Waals surface area contributed by atoms with Crippen molar-refractivity contribution in [3.05, 3.63) is 94.0 Å². The number of hydrogen-bond donors (Lipinski definition) is 1. The van der Waals surface area contributed by atoms with Crippen LogP contribution in [0.25, 0.3) is 0 Å². The number of nitrogens with zero attached hydrogens (tertiary/aromatic N) is 1. The van der Waals surface area contributed by atoms with Crippen LogP contribution in [-0.2, 0) is 21.2 Å². The molecule has 0 atom stereocenters. The molecule has 5 nitrogen and oxygen atoms in total. The summed E-state index contributed by atoms with van der Waals surface area (Å²) in [6, 6.07) is 20.8. The fourth-order valence-corrected chi connectivity index (χ4v) is 4.67. The van der Waals surface area contributed by atoms with Crippen molar-refractivity contribution in [3.63, 3.8) is 0 Å². The third kappa shape index (κ3) is 6.31. The molecule has 0 saturated carbocycles. The van der Waals surface area contributed by atoms with Crippen LogP contribution in [0.3, 0.4) is 0 Å². The van der Waals surface area contributed by atoms with Crippen molar-refractivity contribution in [3.8, 4) is 0 Å². The quantitative estimate of drug-likeness (QED) is 0.487. The van der Waals surface area contributed by atoms with Crippen molar-refractivity contribution in [1.29, 1.82) is 0 Å². The molecule has 3 aromatic rings. The van der Waals surface area contributed by atoms with Gasteiger partial charge in [0.05, 0.1) is 21.5 Å². The van der Waals surface area contributed by atoms with Gasteiger partial charge in [0.25, 0.3) is 0 Å². The van der Waals surface area contributed by atoms with E-state index in [2.05, 4.69) is 5.32 Å². The molecule has 0 aliphatic heterocycles. The molecule has 0 spiro atoms. The lowest BCUT2D eigenvalue weighted by Gasteiger charge is -2.22.